The largest absolute Gasteiger partial charge is 0.423 e. The lowest BCUT2D eigenvalue weighted by Crippen LogP contribution is -2.11. The van der Waals surface area contributed by atoms with Crippen LogP contribution in [0.5, 0.6) is 5.75 Å². The molecule has 0 aliphatic rings. The van der Waals surface area contributed by atoms with E-state index in [1.807, 2.05) is 0 Å². The zero-order valence-corrected chi connectivity index (χ0v) is 19.4. The highest BCUT2D eigenvalue weighted by Crippen LogP contribution is 2.27. The highest BCUT2D eigenvalue weighted by atomic mass is 79.9. The number of hydrogen-bond acceptors (Lipinski definition) is 8. The Kier molecular flexibility index (Phi) is 6.35. The molecule has 0 radical (unpaired) electrons. The average Bonchev–Trinajstić information content (AvgIpc) is 2.77. The number of hydrogen-bond donors (Lipinski definition) is 1. The molecule has 0 fully saturated rings. The van der Waals surface area contributed by atoms with Crippen molar-refractivity contribution in [2.45, 2.75) is 11.4 Å². The first-order chi connectivity index (χ1) is 16.1. The molecule has 12 heteroatoms. The van der Waals surface area contributed by atoms with Gasteiger partial charge in [0.1, 0.15) is 22.0 Å². The molecule has 1 N–H and O–H groups in total. The van der Waals surface area contributed by atoms with E-state index >= 15 is 0 Å². The zero-order chi connectivity index (χ0) is 24.5. The summed E-state index contributed by atoms with van der Waals surface area (Å²) in [5, 5.41) is 14.5. The van der Waals surface area contributed by atoms with Crippen LogP contribution in [0.4, 0.5) is 15.8 Å². The molecule has 0 unspecified atom stereocenters. The number of halogens is 2. The fourth-order valence-corrected chi connectivity index (χ4v) is 4.44. The molecule has 0 aliphatic heterocycles. The fraction of sp³-hybridized carbons (Fsp3) is 0.0455. The molecule has 0 saturated carbocycles. The van der Waals surface area contributed by atoms with Gasteiger partial charge in [-0.05, 0) is 42.0 Å². The summed E-state index contributed by atoms with van der Waals surface area (Å²) >= 11 is 3.06. The van der Waals surface area contributed by atoms with E-state index in [2.05, 4.69) is 21.2 Å². The molecule has 0 spiro atoms. The lowest BCUT2D eigenvalue weighted by Gasteiger charge is -2.11. The van der Waals surface area contributed by atoms with Gasteiger partial charge in [-0.3, -0.25) is 10.1 Å². The van der Waals surface area contributed by atoms with Crippen LogP contribution in [0.3, 0.4) is 0 Å². The van der Waals surface area contributed by atoms with Crippen molar-refractivity contribution in [1.82, 2.24) is 0 Å². The molecule has 1 heterocycles. The quantitative estimate of drug-likeness (QED) is 0.148. The van der Waals surface area contributed by atoms with Gasteiger partial charge >= 0.3 is 15.7 Å². The predicted octanol–water partition coefficient (Wildman–Crippen LogP) is 4.98. The van der Waals surface area contributed by atoms with E-state index in [4.69, 9.17) is 8.60 Å². The van der Waals surface area contributed by atoms with Crippen LogP contribution in [0, 0.1) is 15.9 Å². The summed E-state index contributed by atoms with van der Waals surface area (Å²) in [5.74, 6) is -0.970. The number of nitrogens with one attached hydrogen (secondary N) is 1. The zero-order valence-electron chi connectivity index (χ0n) is 17.0. The third kappa shape index (κ3) is 5.07. The van der Waals surface area contributed by atoms with Crippen molar-refractivity contribution in [3.05, 3.63) is 103 Å². The number of rotatable bonds is 7. The van der Waals surface area contributed by atoms with Gasteiger partial charge in [-0.15, -0.1) is 0 Å². The summed E-state index contributed by atoms with van der Waals surface area (Å²) in [5.41, 5.74) is 0.428. The Morgan fingerprint density at radius 3 is 2.47 bits per heavy atom. The van der Waals surface area contributed by atoms with Crippen LogP contribution in [0.15, 0.2) is 85.3 Å². The van der Waals surface area contributed by atoms with E-state index in [1.165, 1.54) is 42.5 Å². The minimum Gasteiger partial charge on any atom is -0.423 e. The van der Waals surface area contributed by atoms with Crippen molar-refractivity contribution in [3.8, 4) is 5.75 Å². The van der Waals surface area contributed by atoms with E-state index in [0.29, 0.717) is 21.1 Å². The minimum atomic E-state index is -4.38. The van der Waals surface area contributed by atoms with E-state index in [9.17, 15) is 27.7 Å². The Morgan fingerprint density at radius 1 is 1.06 bits per heavy atom. The van der Waals surface area contributed by atoms with Gasteiger partial charge in [0.25, 0.3) is 5.69 Å². The summed E-state index contributed by atoms with van der Waals surface area (Å²) in [6.07, 6.45) is 0. The average molecular weight is 549 g/mol. The topological polar surface area (TPSA) is 129 Å². The SMILES string of the molecule is O=c1cc(NCc2ccc(OS(=O)(=O)c3ccc(Br)cc3F)cc2)c2cc([N+](=O)[O-])ccc2o1. The van der Waals surface area contributed by atoms with E-state index in [-0.39, 0.29) is 23.6 Å². The Bertz CT molecular complexity index is 1570. The number of fused-ring (bicyclic) bond motifs is 1. The molecule has 4 aromatic rings. The minimum absolute atomic E-state index is 0.0208. The van der Waals surface area contributed by atoms with Crippen molar-refractivity contribution >= 4 is 48.4 Å². The second kappa shape index (κ2) is 9.23. The highest BCUT2D eigenvalue weighted by Gasteiger charge is 2.21. The Hall–Kier alpha value is -3.77. The molecule has 0 aliphatic carbocycles. The van der Waals surface area contributed by atoms with Crippen molar-refractivity contribution < 1.29 is 26.3 Å². The van der Waals surface area contributed by atoms with E-state index in [1.54, 1.807) is 12.1 Å². The molecule has 0 atom stereocenters. The van der Waals surface area contributed by atoms with Crippen LogP contribution in [0.25, 0.3) is 11.0 Å². The number of nitrogens with zero attached hydrogens (tertiary/aromatic N) is 1. The molecule has 34 heavy (non-hydrogen) atoms. The predicted molar refractivity (Wildman–Crippen MR) is 125 cm³/mol. The molecule has 1 aromatic heterocycles. The standard InChI is InChI=1S/C22H14BrFN2O7S/c23-14-3-8-21(18(24)9-14)34(30,31)33-16-5-1-13(2-6-16)12-25-19-11-22(27)32-20-7-4-15(26(28)29)10-17(19)20/h1-11,25H,12H2. The van der Waals surface area contributed by atoms with Gasteiger partial charge in [0, 0.05) is 34.6 Å². The van der Waals surface area contributed by atoms with Crippen LogP contribution in [-0.2, 0) is 16.7 Å². The number of benzene rings is 3. The first-order valence-electron chi connectivity index (χ1n) is 9.57. The van der Waals surface area contributed by atoms with Gasteiger partial charge in [0.15, 0.2) is 0 Å². The first kappa shape index (κ1) is 23.4. The lowest BCUT2D eigenvalue weighted by atomic mass is 10.1. The normalized spacial score (nSPS) is 11.4. The van der Waals surface area contributed by atoms with Crippen molar-refractivity contribution in [1.29, 1.82) is 0 Å². The van der Waals surface area contributed by atoms with Crippen LogP contribution in [0.1, 0.15) is 5.56 Å². The molecular formula is C22H14BrFN2O7S. The van der Waals surface area contributed by atoms with Gasteiger partial charge in [-0.25, -0.2) is 9.18 Å². The molecule has 0 saturated heterocycles. The summed E-state index contributed by atoms with van der Waals surface area (Å²) in [4.78, 5) is 21.8. The first-order valence-corrected chi connectivity index (χ1v) is 11.8. The summed E-state index contributed by atoms with van der Waals surface area (Å²) in [7, 11) is -4.38. The second-order valence-corrected chi connectivity index (χ2v) is 9.46. The monoisotopic (exact) mass is 548 g/mol. The third-order valence-corrected chi connectivity index (χ3v) is 6.49. The third-order valence-electron chi connectivity index (χ3n) is 4.71. The number of nitro benzene ring substituents is 1. The maximum absolute atomic E-state index is 14.0. The van der Waals surface area contributed by atoms with E-state index < -0.39 is 31.4 Å². The molecule has 4 rings (SSSR count). The van der Waals surface area contributed by atoms with Crippen molar-refractivity contribution in [2.75, 3.05) is 5.32 Å². The molecular weight excluding hydrogens is 535 g/mol. The Morgan fingerprint density at radius 2 is 1.79 bits per heavy atom. The molecule has 0 bridgehead atoms. The van der Waals surface area contributed by atoms with Crippen LogP contribution in [0.2, 0.25) is 0 Å². The Balaban J connectivity index is 1.51. The lowest BCUT2D eigenvalue weighted by molar-refractivity contribution is -0.384. The molecule has 174 valence electrons. The Labute approximate surface area is 200 Å². The van der Waals surface area contributed by atoms with Gasteiger partial charge in [0.2, 0.25) is 0 Å². The van der Waals surface area contributed by atoms with Crippen molar-refractivity contribution in [3.63, 3.8) is 0 Å². The summed E-state index contributed by atoms with van der Waals surface area (Å²) < 4.78 is 49.3. The van der Waals surface area contributed by atoms with Gasteiger partial charge in [0.05, 0.1) is 10.6 Å². The fourth-order valence-electron chi connectivity index (χ4n) is 3.12. The van der Waals surface area contributed by atoms with E-state index in [0.717, 1.165) is 12.1 Å². The maximum Gasteiger partial charge on any atom is 0.342 e. The smallest absolute Gasteiger partial charge is 0.342 e. The van der Waals surface area contributed by atoms with Crippen LogP contribution < -0.4 is 15.1 Å². The second-order valence-electron chi connectivity index (χ2n) is 7.03. The van der Waals surface area contributed by atoms with Crippen LogP contribution in [-0.4, -0.2) is 13.3 Å². The van der Waals surface area contributed by atoms with Gasteiger partial charge in [-0.1, -0.05) is 28.1 Å². The number of nitro groups is 1. The highest BCUT2D eigenvalue weighted by molar-refractivity contribution is 9.10. The molecule has 9 nitrogen and oxygen atoms in total. The van der Waals surface area contributed by atoms with Gasteiger partial charge in [-0.2, -0.15) is 8.42 Å². The summed E-state index contributed by atoms with van der Waals surface area (Å²) in [6, 6.07) is 14.5. The van der Waals surface area contributed by atoms with Gasteiger partial charge < -0.3 is 13.9 Å². The number of non-ortho nitro benzene ring substituents is 1. The maximum atomic E-state index is 14.0. The van der Waals surface area contributed by atoms with Crippen molar-refractivity contribution in [2.24, 2.45) is 0 Å². The van der Waals surface area contributed by atoms with Crippen LogP contribution >= 0.6 is 15.9 Å². The molecule has 0 amide bonds. The number of anilines is 1. The summed E-state index contributed by atoms with van der Waals surface area (Å²) in [6.45, 7) is 0.204. The molecule has 3 aromatic carbocycles.